The third kappa shape index (κ3) is 2.58. The van der Waals surface area contributed by atoms with Crippen molar-refractivity contribution in [2.45, 2.75) is 49.7 Å². The van der Waals surface area contributed by atoms with E-state index >= 15 is 0 Å². The maximum atomic E-state index is 9.91. The smallest absolute Gasteiger partial charge is 0.159 e. The summed E-state index contributed by atoms with van der Waals surface area (Å²) in [5.74, 6) is 0. The highest BCUT2D eigenvalue weighted by molar-refractivity contribution is 8.14. The molecule has 4 N–H and O–H groups in total. The molecule has 0 aromatic rings. The molecule has 0 radical (unpaired) electrons. The van der Waals surface area contributed by atoms with E-state index in [-0.39, 0.29) is 18.1 Å². The summed E-state index contributed by atoms with van der Waals surface area (Å²) in [6, 6.07) is -0.226. The minimum atomic E-state index is -1.09. The molecule has 17 heavy (non-hydrogen) atoms. The Morgan fingerprint density at radius 3 is 2.71 bits per heavy atom. The first-order valence-corrected chi connectivity index (χ1v) is 6.54. The lowest BCUT2D eigenvalue weighted by atomic mass is 9.99. The largest absolute Gasteiger partial charge is 0.394 e. The van der Waals surface area contributed by atoms with Crippen molar-refractivity contribution < 1.29 is 20.1 Å². The van der Waals surface area contributed by atoms with Gasteiger partial charge in [-0.25, -0.2) is 0 Å². The fraction of sp³-hybridized carbons (Fsp3) is 0.900. The fourth-order valence-electron chi connectivity index (χ4n) is 1.90. The van der Waals surface area contributed by atoms with E-state index in [0.717, 1.165) is 0 Å². The standard InChI is InChI=1S/C10H18N2O4S/c1-4(2)11-10-12-6-8(15)7(14)5(3-13)16-9(6)17-10/h4-9,13-15H,3H2,1-2H3,(H,11,12)/t5-,6+,7-,8-,9+/m1/s1. The van der Waals surface area contributed by atoms with Crippen molar-refractivity contribution in [1.82, 2.24) is 5.32 Å². The Labute approximate surface area is 104 Å². The number of hydrogen-bond donors (Lipinski definition) is 4. The predicted molar refractivity (Wildman–Crippen MR) is 64.8 cm³/mol. The van der Waals surface area contributed by atoms with Crippen LogP contribution >= 0.6 is 11.8 Å². The molecular weight excluding hydrogens is 244 g/mol. The molecule has 0 amide bonds. The van der Waals surface area contributed by atoms with E-state index < -0.39 is 24.4 Å². The van der Waals surface area contributed by atoms with Crippen molar-refractivity contribution in [2.24, 2.45) is 4.99 Å². The molecule has 2 aliphatic heterocycles. The van der Waals surface area contributed by atoms with Gasteiger partial charge in [0.2, 0.25) is 0 Å². The van der Waals surface area contributed by atoms with Gasteiger partial charge in [-0.3, -0.25) is 4.99 Å². The molecule has 98 valence electrons. The number of hydrogen-bond acceptors (Lipinski definition) is 7. The maximum absolute atomic E-state index is 9.91. The highest BCUT2D eigenvalue weighted by atomic mass is 32.2. The molecule has 2 rings (SSSR count). The van der Waals surface area contributed by atoms with Crippen molar-refractivity contribution in [2.75, 3.05) is 6.61 Å². The second-order valence-corrected chi connectivity index (χ2v) is 5.64. The number of rotatable bonds is 2. The molecule has 2 aliphatic rings. The Morgan fingerprint density at radius 1 is 1.41 bits per heavy atom. The lowest BCUT2D eigenvalue weighted by Gasteiger charge is -2.37. The van der Waals surface area contributed by atoms with Gasteiger partial charge in [-0.2, -0.15) is 0 Å². The molecule has 0 unspecified atom stereocenters. The molecule has 0 aliphatic carbocycles. The van der Waals surface area contributed by atoms with E-state index in [2.05, 4.69) is 10.3 Å². The summed E-state index contributed by atoms with van der Waals surface area (Å²) < 4.78 is 5.50. The van der Waals surface area contributed by atoms with Gasteiger partial charge in [0.1, 0.15) is 29.8 Å². The number of aliphatic imine (C=N–C) groups is 1. The van der Waals surface area contributed by atoms with Crippen LogP contribution in [0.25, 0.3) is 0 Å². The third-order valence-electron chi connectivity index (χ3n) is 2.75. The van der Waals surface area contributed by atoms with Crippen molar-refractivity contribution in [1.29, 1.82) is 0 Å². The first-order valence-electron chi connectivity index (χ1n) is 5.66. The molecule has 0 spiro atoms. The van der Waals surface area contributed by atoms with E-state index in [4.69, 9.17) is 9.84 Å². The van der Waals surface area contributed by atoms with Crippen LogP contribution in [0.4, 0.5) is 0 Å². The fourth-order valence-corrected chi connectivity index (χ4v) is 3.16. The number of aliphatic hydroxyl groups excluding tert-OH is 3. The third-order valence-corrected chi connectivity index (χ3v) is 3.82. The highest BCUT2D eigenvalue weighted by Crippen LogP contribution is 2.35. The van der Waals surface area contributed by atoms with E-state index in [1.54, 1.807) is 0 Å². The first kappa shape index (κ1) is 13.1. The number of thioether (sulfide) groups is 1. The lowest BCUT2D eigenvalue weighted by Crippen LogP contribution is -2.55. The van der Waals surface area contributed by atoms with Crippen LogP contribution in [-0.2, 0) is 4.74 Å². The maximum Gasteiger partial charge on any atom is 0.159 e. The molecule has 0 bridgehead atoms. The Hall–Kier alpha value is -0.340. The van der Waals surface area contributed by atoms with Gasteiger partial charge in [-0.05, 0) is 13.8 Å². The van der Waals surface area contributed by atoms with Crippen molar-refractivity contribution in [3.63, 3.8) is 0 Å². The van der Waals surface area contributed by atoms with E-state index in [1.807, 2.05) is 13.8 Å². The summed E-state index contributed by atoms with van der Waals surface area (Å²) >= 11 is 1.38. The van der Waals surface area contributed by atoms with Crippen LogP contribution in [-0.4, -0.2) is 62.9 Å². The topological polar surface area (TPSA) is 94.3 Å². The second kappa shape index (κ2) is 5.11. The number of amidine groups is 1. The van der Waals surface area contributed by atoms with Gasteiger partial charge in [0.25, 0.3) is 0 Å². The monoisotopic (exact) mass is 262 g/mol. The van der Waals surface area contributed by atoms with Gasteiger partial charge in [0, 0.05) is 6.04 Å². The summed E-state index contributed by atoms with van der Waals surface area (Å²) in [5, 5.41) is 32.5. The number of aliphatic hydroxyl groups is 3. The molecular formula is C10H18N2O4S. The van der Waals surface area contributed by atoms with Gasteiger partial charge in [0.15, 0.2) is 5.17 Å². The van der Waals surface area contributed by atoms with E-state index in [9.17, 15) is 10.2 Å². The average Bonchev–Trinajstić information content (AvgIpc) is 2.65. The Balaban J connectivity index is 2.06. The van der Waals surface area contributed by atoms with Crippen LogP contribution < -0.4 is 5.32 Å². The summed E-state index contributed by atoms with van der Waals surface area (Å²) in [7, 11) is 0. The summed E-state index contributed by atoms with van der Waals surface area (Å²) in [6.07, 6.45) is -2.83. The predicted octanol–water partition coefficient (Wildman–Crippen LogP) is -1.11. The van der Waals surface area contributed by atoms with Gasteiger partial charge in [-0.15, -0.1) is 0 Å². The van der Waals surface area contributed by atoms with Gasteiger partial charge >= 0.3 is 0 Å². The normalized spacial score (nSPS) is 41.3. The molecule has 1 saturated heterocycles. The van der Waals surface area contributed by atoms with Crippen LogP contribution in [0.2, 0.25) is 0 Å². The van der Waals surface area contributed by atoms with E-state index in [1.165, 1.54) is 11.8 Å². The van der Waals surface area contributed by atoms with Crippen molar-refractivity contribution in [3.05, 3.63) is 0 Å². The average molecular weight is 262 g/mol. The van der Waals surface area contributed by atoms with Crippen LogP contribution in [0.15, 0.2) is 4.99 Å². The van der Waals surface area contributed by atoms with Gasteiger partial charge in [0.05, 0.1) is 6.61 Å². The van der Waals surface area contributed by atoms with Crippen molar-refractivity contribution >= 4 is 16.9 Å². The number of nitrogens with one attached hydrogen (secondary N) is 1. The van der Waals surface area contributed by atoms with Gasteiger partial charge < -0.3 is 25.4 Å². The summed E-state index contributed by atoms with van der Waals surface area (Å²) in [5.41, 5.74) is -0.341. The minimum Gasteiger partial charge on any atom is -0.394 e. The Kier molecular flexibility index (Phi) is 3.94. The molecule has 0 aromatic carbocycles. The SMILES string of the molecule is CC(C)NC1=N[C@H]2[C@@H](O)[C@H](O)[C@@H](CO)O[C@H]2S1. The quantitative estimate of drug-likeness (QED) is 0.504. The van der Waals surface area contributed by atoms with Crippen LogP contribution in [0.5, 0.6) is 0 Å². The summed E-state index contributed by atoms with van der Waals surface area (Å²) in [4.78, 5) is 4.30. The molecule has 7 heteroatoms. The molecule has 2 heterocycles. The highest BCUT2D eigenvalue weighted by Gasteiger charge is 2.47. The van der Waals surface area contributed by atoms with Gasteiger partial charge in [-0.1, -0.05) is 11.8 Å². The number of fused-ring (bicyclic) bond motifs is 1. The molecule has 5 atom stereocenters. The number of ether oxygens (including phenoxy) is 1. The zero-order valence-electron chi connectivity index (χ0n) is 9.78. The molecule has 0 saturated carbocycles. The second-order valence-electron chi connectivity index (χ2n) is 4.55. The molecule has 6 nitrogen and oxygen atoms in total. The Morgan fingerprint density at radius 2 is 2.12 bits per heavy atom. The lowest BCUT2D eigenvalue weighted by molar-refractivity contribution is -0.164. The van der Waals surface area contributed by atoms with Crippen LogP contribution in [0, 0.1) is 0 Å². The van der Waals surface area contributed by atoms with E-state index in [0.29, 0.717) is 5.17 Å². The Bertz CT molecular complexity index is 313. The first-order chi connectivity index (χ1) is 8.02. The van der Waals surface area contributed by atoms with Crippen molar-refractivity contribution in [3.8, 4) is 0 Å². The zero-order chi connectivity index (χ0) is 12.6. The number of nitrogens with zero attached hydrogens (tertiary/aromatic N) is 1. The minimum absolute atomic E-state index is 0.247. The zero-order valence-corrected chi connectivity index (χ0v) is 10.6. The molecule has 0 aromatic heterocycles. The van der Waals surface area contributed by atoms with Crippen LogP contribution in [0.3, 0.4) is 0 Å². The van der Waals surface area contributed by atoms with Crippen LogP contribution in [0.1, 0.15) is 13.8 Å². The molecule has 1 fully saturated rings. The summed E-state index contributed by atoms with van der Waals surface area (Å²) in [6.45, 7) is 3.68.